The third-order valence-corrected chi connectivity index (χ3v) is 5.18. The van der Waals surface area contributed by atoms with Crippen molar-refractivity contribution in [1.29, 1.82) is 0 Å². The van der Waals surface area contributed by atoms with Crippen molar-refractivity contribution >= 4 is 23.2 Å². The van der Waals surface area contributed by atoms with E-state index < -0.39 is 5.91 Å². The Balaban J connectivity index is 1.62. The summed E-state index contributed by atoms with van der Waals surface area (Å²) in [6.07, 6.45) is 3.50. The van der Waals surface area contributed by atoms with Crippen LogP contribution in [0.1, 0.15) is 48.1 Å². The lowest BCUT2D eigenvalue weighted by atomic mass is 10.1. The average Bonchev–Trinajstić information content (AvgIpc) is 2.73. The van der Waals surface area contributed by atoms with Crippen molar-refractivity contribution in [3.63, 3.8) is 0 Å². The minimum absolute atomic E-state index is 0.00508. The summed E-state index contributed by atoms with van der Waals surface area (Å²) in [5.74, 6) is -1.09. The number of nitrogens with one attached hydrogen (secondary N) is 2. The van der Waals surface area contributed by atoms with Crippen LogP contribution in [0.4, 0.5) is 15.8 Å². The average molecular weight is 398 g/mol. The third kappa shape index (κ3) is 5.47. The molecular formula is C22H27FN4O2. The van der Waals surface area contributed by atoms with Gasteiger partial charge in [-0.3, -0.25) is 9.59 Å². The highest BCUT2D eigenvalue weighted by Crippen LogP contribution is 2.25. The molecule has 7 heteroatoms. The molecule has 1 heterocycles. The van der Waals surface area contributed by atoms with E-state index in [9.17, 15) is 14.0 Å². The number of carbonyl (C=O) groups excluding carboxylic acids is 2. The molecule has 1 saturated heterocycles. The normalized spacial score (nSPS) is 14.9. The zero-order valence-corrected chi connectivity index (χ0v) is 16.6. The van der Waals surface area contributed by atoms with Gasteiger partial charge >= 0.3 is 0 Å². The van der Waals surface area contributed by atoms with Gasteiger partial charge in [0.05, 0.1) is 18.2 Å². The first-order valence-electron chi connectivity index (χ1n) is 9.91. The van der Waals surface area contributed by atoms with Gasteiger partial charge in [0.25, 0.3) is 5.91 Å². The number of carbonyl (C=O) groups is 2. The van der Waals surface area contributed by atoms with Crippen LogP contribution in [0, 0.1) is 5.82 Å². The molecule has 6 nitrogen and oxygen atoms in total. The Hall–Kier alpha value is -3.09. The van der Waals surface area contributed by atoms with Gasteiger partial charge in [0.15, 0.2) is 0 Å². The van der Waals surface area contributed by atoms with E-state index >= 15 is 0 Å². The van der Waals surface area contributed by atoms with Crippen LogP contribution < -0.4 is 21.3 Å². The molecule has 0 spiro atoms. The van der Waals surface area contributed by atoms with Crippen LogP contribution in [0.25, 0.3) is 0 Å². The molecule has 0 aromatic heterocycles. The second-order valence-corrected chi connectivity index (χ2v) is 7.34. The van der Waals surface area contributed by atoms with Gasteiger partial charge in [-0.25, -0.2) is 4.39 Å². The van der Waals surface area contributed by atoms with E-state index in [0.717, 1.165) is 37.2 Å². The van der Waals surface area contributed by atoms with Crippen LogP contribution in [0.5, 0.6) is 0 Å². The highest BCUT2D eigenvalue weighted by Gasteiger charge is 2.16. The fourth-order valence-corrected chi connectivity index (χ4v) is 3.54. The van der Waals surface area contributed by atoms with Gasteiger partial charge in [-0.1, -0.05) is 12.1 Å². The number of amides is 2. The maximum absolute atomic E-state index is 13.0. The van der Waals surface area contributed by atoms with Crippen molar-refractivity contribution in [2.75, 3.05) is 29.9 Å². The number of rotatable bonds is 7. The van der Waals surface area contributed by atoms with E-state index in [4.69, 9.17) is 5.73 Å². The molecule has 1 unspecified atom stereocenters. The van der Waals surface area contributed by atoms with Gasteiger partial charge in [0, 0.05) is 24.5 Å². The van der Waals surface area contributed by atoms with E-state index in [0.29, 0.717) is 11.3 Å². The van der Waals surface area contributed by atoms with E-state index in [1.807, 2.05) is 13.0 Å². The number of nitrogens with two attached hydrogens (primary N) is 1. The van der Waals surface area contributed by atoms with Gasteiger partial charge in [-0.15, -0.1) is 0 Å². The second kappa shape index (κ2) is 9.41. The molecule has 0 aliphatic carbocycles. The lowest BCUT2D eigenvalue weighted by Crippen LogP contribution is -2.32. The largest absolute Gasteiger partial charge is 0.376 e. The predicted molar refractivity (Wildman–Crippen MR) is 112 cm³/mol. The highest BCUT2D eigenvalue weighted by molar-refractivity contribution is 6.00. The zero-order valence-electron chi connectivity index (χ0n) is 16.6. The molecule has 2 aromatic carbocycles. The molecule has 2 aromatic rings. The number of halogens is 1. The molecule has 2 amide bonds. The van der Waals surface area contributed by atoms with Gasteiger partial charge in [-0.05, 0) is 62.1 Å². The lowest BCUT2D eigenvalue weighted by molar-refractivity contribution is -0.120. The van der Waals surface area contributed by atoms with Gasteiger partial charge in [0.2, 0.25) is 5.91 Å². The van der Waals surface area contributed by atoms with Crippen molar-refractivity contribution < 1.29 is 14.0 Å². The molecule has 1 aliphatic rings. The topological polar surface area (TPSA) is 87.5 Å². The first-order valence-corrected chi connectivity index (χ1v) is 9.91. The maximum Gasteiger partial charge on any atom is 0.250 e. The van der Waals surface area contributed by atoms with Gasteiger partial charge < -0.3 is 21.3 Å². The fourth-order valence-electron chi connectivity index (χ4n) is 3.54. The first kappa shape index (κ1) is 20.6. The van der Waals surface area contributed by atoms with E-state index in [2.05, 4.69) is 15.5 Å². The van der Waals surface area contributed by atoms with Crippen molar-refractivity contribution in [2.45, 2.75) is 32.2 Å². The molecule has 0 saturated carbocycles. The Morgan fingerprint density at radius 2 is 1.79 bits per heavy atom. The van der Waals surface area contributed by atoms with Crippen molar-refractivity contribution in [2.24, 2.45) is 5.73 Å². The predicted octanol–water partition coefficient (Wildman–Crippen LogP) is 3.20. The van der Waals surface area contributed by atoms with Crippen LogP contribution in [0.15, 0.2) is 42.5 Å². The summed E-state index contributed by atoms with van der Waals surface area (Å²) in [6.45, 7) is 3.76. The molecule has 3 rings (SSSR count). The smallest absolute Gasteiger partial charge is 0.250 e. The Labute approximate surface area is 170 Å². The Morgan fingerprint density at radius 1 is 1.10 bits per heavy atom. The minimum atomic E-state index is -0.536. The number of hydrogen-bond acceptors (Lipinski definition) is 4. The molecular weight excluding hydrogens is 371 g/mol. The molecule has 154 valence electrons. The molecule has 1 atom stereocenters. The monoisotopic (exact) mass is 398 g/mol. The fraction of sp³-hybridized carbons (Fsp3) is 0.364. The van der Waals surface area contributed by atoms with Crippen LogP contribution >= 0.6 is 0 Å². The molecule has 0 bridgehead atoms. The quantitative estimate of drug-likeness (QED) is 0.668. The molecule has 1 aliphatic heterocycles. The van der Waals surface area contributed by atoms with Gasteiger partial charge in [0.1, 0.15) is 5.82 Å². The lowest BCUT2D eigenvalue weighted by Gasteiger charge is -2.29. The molecule has 29 heavy (non-hydrogen) atoms. The molecule has 4 N–H and O–H groups in total. The Kier molecular flexibility index (Phi) is 6.69. The standard InChI is InChI=1S/C22H27FN4O2/c1-15(16-5-7-17(23)8-6-16)26-21(28)14-25-20-10-9-18(13-19(20)22(24)29)27-11-3-2-4-12-27/h5-10,13,15,25H,2-4,11-12,14H2,1H3,(H2,24,29)(H,26,28). The van der Waals surface area contributed by atoms with E-state index in [1.165, 1.54) is 18.6 Å². The summed E-state index contributed by atoms with van der Waals surface area (Å²) in [4.78, 5) is 26.5. The number of piperidine rings is 1. The van der Waals surface area contributed by atoms with E-state index in [-0.39, 0.29) is 24.3 Å². The summed E-state index contributed by atoms with van der Waals surface area (Å²) in [6, 6.07) is 11.3. The maximum atomic E-state index is 13.0. The Bertz CT molecular complexity index is 864. The van der Waals surface area contributed by atoms with E-state index in [1.54, 1.807) is 24.3 Å². The minimum Gasteiger partial charge on any atom is -0.376 e. The van der Waals surface area contributed by atoms with Crippen LogP contribution in [-0.2, 0) is 4.79 Å². The summed E-state index contributed by atoms with van der Waals surface area (Å²) in [5, 5.41) is 5.85. The number of primary amides is 1. The summed E-state index contributed by atoms with van der Waals surface area (Å²) in [7, 11) is 0. The van der Waals surface area contributed by atoms with Crippen LogP contribution in [0.2, 0.25) is 0 Å². The van der Waals surface area contributed by atoms with Crippen LogP contribution in [0.3, 0.4) is 0 Å². The van der Waals surface area contributed by atoms with Crippen LogP contribution in [-0.4, -0.2) is 31.4 Å². The second-order valence-electron chi connectivity index (χ2n) is 7.34. The number of anilines is 2. The SMILES string of the molecule is CC(NC(=O)CNc1ccc(N2CCCCC2)cc1C(N)=O)c1ccc(F)cc1. The highest BCUT2D eigenvalue weighted by atomic mass is 19.1. The van der Waals surface area contributed by atoms with Crippen molar-refractivity contribution in [3.05, 3.63) is 59.4 Å². The van der Waals surface area contributed by atoms with Crippen molar-refractivity contribution in [3.8, 4) is 0 Å². The molecule has 1 fully saturated rings. The van der Waals surface area contributed by atoms with Gasteiger partial charge in [-0.2, -0.15) is 0 Å². The third-order valence-electron chi connectivity index (χ3n) is 5.18. The zero-order chi connectivity index (χ0) is 20.8. The first-order chi connectivity index (χ1) is 13.9. The summed E-state index contributed by atoms with van der Waals surface area (Å²) in [5.41, 5.74) is 8.24. The van der Waals surface area contributed by atoms with Crippen molar-refractivity contribution in [1.82, 2.24) is 5.32 Å². The number of hydrogen-bond donors (Lipinski definition) is 3. The summed E-state index contributed by atoms with van der Waals surface area (Å²) < 4.78 is 13.0. The summed E-state index contributed by atoms with van der Waals surface area (Å²) >= 11 is 0. The Morgan fingerprint density at radius 3 is 2.45 bits per heavy atom. The number of nitrogens with zero attached hydrogens (tertiary/aromatic N) is 1. The number of benzene rings is 2. The molecule has 0 radical (unpaired) electrons.